The first-order chi connectivity index (χ1) is 15.0. The SMILES string of the molecule is CCOC(=O)N1CCN(C(=NC)NCc2ccccc2CN2CC(C)OC(C)C2)CC1. The van der Waals surface area contributed by atoms with E-state index >= 15 is 0 Å². The smallest absolute Gasteiger partial charge is 0.409 e. The van der Waals surface area contributed by atoms with Crippen LogP contribution in [0.25, 0.3) is 0 Å². The molecule has 8 heteroatoms. The van der Waals surface area contributed by atoms with E-state index < -0.39 is 0 Å². The van der Waals surface area contributed by atoms with E-state index in [1.54, 1.807) is 4.90 Å². The van der Waals surface area contributed by atoms with Crippen molar-refractivity contribution in [3.05, 3.63) is 35.4 Å². The normalized spacial score (nSPS) is 23.0. The van der Waals surface area contributed by atoms with Gasteiger partial charge in [0.2, 0.25) is 0 Å². The molecule has 1 aromatic rings. The summed E-state index contributed by atoms with van der Waals surface area (Å²) in [5.41, 5.74) is 2.61. The molecule has 2 aliphatic heterocycles. The molecule has 0 saturated carbocycles. The predicted octanol–water partition coefficient (Wildman–Crippen LogP) is 2.15. The van der Waals surface area contributed by atoms with Crippen LogP contribution in [0.5, 0.6) is 0 Å². The molecule has 0 bridgehead atoms. The molecule has 8 nitrogen and oxygen atoms in total. The number of nitrogens with one attached hydrogen (secondary N) is 1. The van der Waals surface area contributed by atoms with Crippen LogP contribution in [0, 0.1) is 0 Å². The van der Waals surface area contributed by atoms with Crippen LogP contribution in [-0.2, 0) is 22.6 Å². The number of hydrogen-bond donors (Lipinski definition) is 1. The number of piperazine rings is 1. The highest BCUT2D eigenvalue weighted by Gasteiger charge is 2.25. The van der Waals surface area contributed by atoms with Gasteiger partial charge in [-0.15, -0.1) is 0 Å². The molecule has 1 amide bonds. The number of aliphatic imine (C=N–C) groups is 1. The van der Waals surface area contributed by atoms with Gasteiger partial charge in [-0.3, -0.25) is 9.89 Å². The zero-order valence-electron chi connectivity index (χ0n) is 19.3. The average molecular weight is 432 g/mol. The van der Waals surface area contributed by atoms with Crippen molar-refractivity contribution in [2.24, 2.45) is 4.99 Å². The number of hydrogen-bond acceptors (Lipinski definition) is 5. The first-order valence-electron chi connectivity index (χ1n) is 11.3. The summed E-state index contributed by atoms with van der Waals surface area (Å²) in [5, 5.41) is 3.52. The van der Waals surface area contributed by atoms with Gasteiger partial charge in [0.05, 0.1) is 18.8 Å². The quantitative estimate of drug-likeness (QED) is 0.569. The lowest BCUT2D eigenvalue weighted by Crippen LogP contribution is -2.53. The third-order valence-electron chi connectivity index (χ3n) is 5.76. The summed E-state index contributed by atoms with van der Waals surface area (Å²) in [4.78, 5) is 22.8. The Balaban J connectivity index is 1.55. The summed E-state index contributed by atoms with van der Waals surface area (Å²) in [6.45, 7) is 12.8. The van der Waals surface area contributed by atoms with Gasteiger partial charge in [-0.2, -0.15) is 0 Å². The summed E-state index contributed by atoms with van der Waals surface area (Å²) in [7, 11) is 1.81. The van der Waals surface area contributed by atoms with Crippen molar-refractivity contribution in [1.82, 2.24) is 20.0 Å². The lowest BCUT2D eigenvalue weighted by Gasteiger charge is -2.36. The van der Waals surface area contributed by atoms with Crippen LogP contribution in [0.3, 0.4) is 0 Å². The van der Waals surface area contributed by atoms with E-state index in [1.165, 1.54) is 11.1 Å². The van der Waals surface area contributed by atoms with E-state index in [2.05, 4.69) is 58.2 Å². The van der Waals surface area contributed by atoms with Crippen molar-refractivity contribution < 1.29 is 14.3 Å². The van der Waals surface area contributed by atoms with Gasteiger partial charge in [-0.1, -0.05) is 24.3 Å². The molecule has 2 fully saturated rings. The van der Waals surface area contributed by atoms with Crippen molar-refractivity contribution in [3.63, 3.8) is 0 Å². The van der Waals surface area contributed by atoms with Crippen LogP contribution in [0.1, 0.15) is 31.9 Å². The summed E-state index contributed by atoms with van der Waals surface area (Å²) in [6.07, 6.45) is 0.299. The molecule has 2 saturated heterocycles. The number of ether oxygens (including phenoxy) is 2. The number of carbonyl (C=O) groups is 1. The minimum absolute atomic E-state index is 0.231. The monoisotopic (exact) mass is 431 g/mol. The Morgan fingerprint density at radius 1 is 1.10 bits per heavy atom. The van der Waals surface area contributed by atoms with Crippen molar-refractivity contribution in [2.45, 2.75) is 46.1 Å². The van der Waals surface area contributed by atoms with E-state index in [4.69, 9.17) is 9.47 Å². The van der Waals surface area contributed by atoms with Gasteiger partial charge >= 0.3 is 6.09 Å². The number of guanidine groups is 1. The maximum atomic E-state index is 11.9. The number of carbonyl (C=O) groups excluding carboxylic acids is 1. The van der Waals surface area contributed by atoms with Gasteiger partial charge in [-0.25, -0.2) is 4.79 Å². The van der Waals surface area contributed by atoms with Gasteiger partial charge < -0.3 is 24.6 Å². The van der Waals surface area contributed by atoms with Crippen molar-refractivity contribution >= 4 is 12.1 Å². The molecule has 3 rings (SSSR count). The summed E-state index contributed by atoms with van der Waals surface area (Å²) >= 11 is 0. The van der Waals surface area contributed by atoms with Gasteiger partial charge in [0, 0.05) is 59.4 Å². The maximum Gasteiger partial charge on any atom is 0.409 e. The lowest BCUT2D eigenvalue weighted by molar-refractivity contribution is -0.0705. The van der Waals surface area contributed by atoms with E-state index in [9.17, 15) is 4.79 Å². The zero-order valence-corrected chi connectivity index (χ0v) is 19.3. The topological polar surface area (TPSA) is 69.6 Å². The van der Waals surface area contributed by atoms with Crippen molar-refractivity contribution in [1.29, 1.82) is 0 Å². The molecule has 2 heterocycles. The Labute approximate surface area is 186 Å². The third kappa shape index (κ3) is 6.58. The van der Waals surface area contributed by atoms with Gasteiger partial charge in [-0.05, 0) is 31.9 Å². The largest absolute Gasteiger partial charge is 0.450 e. The summed E-state index contributed by atoms with van der Waals surface area (Å²) < 4.78 is 11.0. The zero-order chi connectivity index (χ0) is 22.2. The standard InChI is InChI=1S/C23H37N5O3/c1-5-30-23(29)28-12-10-27(11-13-28)22(24-4)25-14-20-8-6-7-9-21(20)17-26-15-18(2)31-19(3)16-26/h6-9,18-19H,5,10-17H2,1-4H3,(H,24,25). The Morgan fingerprint density at radius 2 is 1.71 bits per heavy atom. The van der Waals surface area contributed by atoms with E-state index in [-0.39, 0.29) is 18.3 Å². The molecule has 0 spiro atoms. The maximum absolute atomic E-state index is 11.9. The first kappa shape index (κ1) is 23.3. The van der Waals surface area contributed by atoms with Crippen molar-refractivity contribution in [2.75, 3.05) is 52.9 Å². The second-order valence-electron chi connectivity index (χ2n) is 8.29. The number of nitrogens with zero attached hydrogens (tertiary/aromatic N) is 4. The molecule has 0 aromatic heterocycles. The minimum Gasteiger partial charge on any atom is -0.450 e. The van der Waals surface area contributed by atoms with Crippen LogP contribution < -0.4 is 5.32 Å². The van der Waals surface area contributed by atoms with E-state index in [1.807, 2.05) is 14.0 Å². The second-order valence-corrected chi connectivity index (χ2v) is 8.29. The van der Waals surface area contributed by atoms with Crippen LogP contribution in [0.15, 0.2) is 29.3 Å². The van der Waals surface area contributed by atoms with Gasteiger partial charge in [0.25, 0.3) is 0 Å². The Bertz CT molecular complexity index is 738. The Hall–Kier alpha value is -2.32. The molecular formula is C23H37N5O3. The molecule has 2 unspecified atom stereocenters. The first-order valence-corrected chi connectivity index (χ1v) is 11.3. The minimum atomic E-state index is -0.231. The number of rotatable bonds is 5. The number of amides is 1. The molecule has 0 radical (unpaired) electrons. The van der Waals surface area contributed by atoms with Crippen LogP contribution in [0.2, 0.25) is 0 Å². The molecule has 0 aliphatic carbocycles. The molecule has 2 aliphatic rings. The summed E-state index contributed by atoms with van der Waals surface area (Å²) in [5.74, 6) is 0.868. The van der Waals surface area contributed by atoms with Gasteiger partial charge in [0.15, 0.2) is 5.96 Å². The predicted molar refractivity (Wildman–Crippen MR) is 122 cm³/mol. The Kier molecular flexibility index (Phi) is 8.54. The molecule has 1 N–H and O–H groups in total. The van der Waals surface area contributed by atoms with E-state index in [0.717, 1.165) is 45.2 Å². The molecule has 1 aromatic carbocycles. The van der Waals surface area contributed by atoms with Crippen LogP contribution in [0.4, 0.5) is 4.79 Å². The highest BCUT2D eigenvalue weighted by molar-refractivity contribution is 5.80. The molecular weight excluding hydrogens is 394 g/mol. The fourth-order valence-corrected chi connectivity index (χ4v) is 4.36. The van der Waals surface area contributed by atoms with Crippen LogP contribution >= 0.6 is 0 Å². The highest BCUT2D eigenvalue weighted by Crippen LogP contribution is 2.17. The Morgan fingerprint density at radius 3 is 2.32 bits per heavy atom. The average Bonchev–Trinajstić information content (AvgIpc) is 2.75. The van der Waals surface area contributed by atoms with Crippen LogP contribution in [-0.4, -0.2) is 91.9 Å². The molecule has 2 atom stereocenters. The fourth-order valence-electron chi connectivity index (χ4n) is 4.36. The number of morpholine rings is 1. The molecule has 31 heavy (non-hydrogen) atoms. The summed E-state index contributed by atoms with van der Waals surface area (Å²) in [6, 6.07) is 8.59. The van der Waals surface area contributed by atoms with Crippen molar-refractivity contribution in [3.8, 4) is 0 Å². The lowest BCUT2D eigenvalue weighted by atomic mass is 10.1. The fraction of sp³-hybridized carbons (Fsp3) is 0.652. The van der Waals surface area contributed by atoms with E-state index in [0.29, 0.717) is 19.7 Å². The van der Waals surface area contributed by atoms with Gasteiger partial charge in [0.1, 0.15) is 0 Å². The highest BCUT2D eigenvalue weighted by atomic mass is 16.6. The molecule has 172 valence electrons. The third-order valence-corrected chi connectivity index (χ3v) is 5.76. The second kappa shape index (κ2) is 11.3. The number of benzene rings is 1.